The third-order valence-corrected chi connectivity index (χ3v) is 4.41. The van der Waals surface area contributed by atoms with Crippen LogP contribution in [-0.4, -0.2) is 33.3 Å². The lowest BCUT2D eigenvalue weighted by atomic mass is 10.5. The molecule has 0 atom stereocenters. The largest absolute Gasteiger partial charge is 0.265 e. The Labute approximate surface area is 88.1 Å². The molecule has 1 rings (SSSR count). The van der Waals surface area contributed by atoms with Crippen molar-refractivity contribution in [3.8, 4) is 0 Å². The fourth-order valence-electron chi connectivity index (χ4n) is 0.889. The van der Waals surface area contributed by atoms with Gasteiger partial charge in [-0.05, 0) is 12.1 Å². The number of hydrogen-bond acceptors (Lipinski definition) is 5. The van der Waals surface area contributed by atoms with Crippen molar-refractivity contribution in [2.45, 2.75) is 4.90 Å². The van der Waals surface area contributed by atoms with E-state index in [4.69, 9.17) is 5.14 Å². The first-order valence-electron chi connectivity index (χ1n) is 3.94. The van der Waals surface area contributed by atoms with Crippen molar-refractivity contribution in [2.75, 3.05) is 11.5 Å². The number of nitrogens with two attached hydrogens (primary N) is 1. The lowest BCUT2D eigenvalue weighted by molar-refractivity contribution is 0.588. The second-order valence-electron chi connectivity index (χ2n) is 2.87. The molecule has 8 heteroatoms. The van der Waals surface area contributed by atoms with Crippen LogP contribution in [-0.2, 0) is 19.9 Å². The molecule has 2 N–H and O–H groups in total. The Hall–Kier alpha value is -0.990. The van der Waals surface area contributed by atoms with Gasteiger partial charge in [-0.1, -0.05) is 0 Å². The van der Waals surface area contributed by atoms with Gasteiger partial charge in [0.15, 0.2) is 9.84 Å². The maximum absolute atomic E-state index is 11.5. The number of sulfone groups is 1. The van der Waals surface area contributed by atoms with Crippen LogP contribution < -0.4 is 5.14 Å². The van der Waals surface area contributed by atoms with Crippen LogP contribution in [0.15, 0.2) is 29.4 Å². The van der Waals surface area contributed by atoms with E-state index in [2.05, 4.69) is 4.98 Å². The summed E-state index contributed by atoms with van der Waals surface area (Å²) in [6.45, 7) is 0. The highest BCUT2D eigenvalue weighted by atomic mass is 32.2. The molecule has 1 aromatic heterocycles. The number of sulfonamides is 1. The Morgan fingerprint density at radius 2 is 1.60 bits per heavy atom. The number of nitrogens with zero attached hydrogens (tertiary/aromatic N) is 1. The predicted molar refractivity (Wildman–Crippen MR) is 54.3 cm³/mol. The van der Waals surface area contributed by atoms with E-state index < -0.39 is 31.4 Å². The SMILES string of the molecule is NS(=O)(=O)CCS(=O)(=O)c1ccncc1. The molecule has 0 fully saturated rings. The Kier molecular flexibility index (Phi) is 3.42. The highest BCUT2D eigenvalue weighted by Gasteiger charge is 2.17. The Morgan fingerprint density at radius 3 is 2.07 bits per heavy atom. The smallest absolute Gasteiger partial charge is 0.210 e. The fraction of sp³-hybridized carbons (Fsp3) is 0.286. The van der Waals surface area contributed by atoms with E-state index in [1.807, 2.05) is 0 Å². The third-order valence-electron chi connectivity index (χ3n) is 1.65. The van der Waals surface area contributed by atoms with Gasteiger partial charge in [0, 0.05) is 12.4 Å². The molecular formula is C7H10N2O4S2. The molecule has 0 amide bonds. The average Bonchev–Trinajstić information content (AvgIpc) is 2.16. The van der Waals surface area contributed by atoms with Crippen molar-refractivity contribution in [3.05, 3.63) is 24.5 Å². The predicted octanol–water partition coefficient (Wildman–Crippen LogP) is -0.856. The quantitative estimate of drug-likeness (QED) is 0.748. The fourth-order valence-corrected chi connectivity index (χ4v) is 3.47. The van der Waals surface area contributed by atoms with Crippen LogP contribution in [0.1, 0.15) is 0 Å². The van der Waals surface area contributed by atoms with Crippen LogP contribution in [0.3, 0.4) is 0 Å². The van der Waals surface area contributed by atoms with Crippen molar-refractivity contribution >= 4 is 19.9 Å². The summed E-state index contributed by atoms with van der Waals surface area (Å²) in [5, 5.41) is 4.72. The first-order chi connectivity index (χ1) is 6.81. The molecule has 0 radical (unpaired) electrons. The molecule has 0 unspecified atom stereocenters. The zero-order valence-corrected chi connectivity index (χ0v) is 9.33. The van der Waals surface area contributed by atoms with Gasteiger partial charge in [-0.2, -0.15) is 0 Å². The zero-order valence-electron chi connectivity index (χ0n) is 7.70. The van der Waals surface area contributed by atoms with Crippen LogP contribution in [0, 0.1) is 0 Å². The number of hydrogen-bond donors (Lipinski definition) is 1. The van der Waals surface area contributed by atoms with Gasteiger partial charge in [0.1, 0.15) is 0 Å². The lowest BCUT2D eigenvalue weighted by Gasteiger charge is -2.02. The average molecular weight is 250 g/mol. The minimum atomic E-state index is -3.76. The van der Waals surface area contributed by atoms with Crippen molar-refractivity contribution < 1.29 is 16.8 Å². The molecule has 1 heterocycles. The second-order valence-corrected chi connectivity index (χ2v) is 6.71. The molecule has 84 valence electrons. The van der Waals surface area contributed by atoms with Gasteiger partial charge in [0.2, 0.25) is 10.0 Å². The van der Waals surface area contributed by atoms with E-state index in [1.54, 1.807) is 0 Å². The molecule has 0 saturated carbocycles. The first-order valence-corrected chi connectivity index (χ1v) is 7.31. The van der Waals surface area contributed by atoms with Gasteiger partial charge in [0.05, 0.1) is 16.4 Å². The van der Waals surface area contributed by atoms with Gasteiger partial charge in [0.25, 0.3) is 0 Å². The van der Waals surface area contributed by atoms with E-state index >= 15 is 0 Å². The second kappa shape index (κ2) is 4.25. The highest BCUT2D eigenvalue weighted by molar-refractivity contribution is 7.94. The summed E-state index contributed by atoms with van der Waals surface area (Å²) in [4.78, 5) is 3.70. The molecule has 15 heavy (non-hydrogen) atoms. The topological polar surface area (TPSA) is 107 Å². The molecule has 6 nitrogen and oxygen atoms in total. The lowest BCUT2D eigenvalue weighted by Crippen LogP contribution is -2.23. The van der Waals surface area contributed by atoms with E-state index in [0.29, 0.717) is 0 Å². The van der Waals surface area contributed by atoms with Gasteiger partial charge in [-0.3, -0.25) is 4.98 Å². The molecule has 0 spiro atoms. The van der Waals surface area contributed by atoms with Crippen molar-refractivity contribution in [1.82, 2.24) is 4.98 Å². The minimum absolute atomic E-state index is 0.0427. The Morgan fingerprint density at radius 1 is 1.07 bits per heavy atom. The van der Waals surface area contributed by atoms with Gasteiger partial charge < -0.3 is 0 Å². The highest BCUT2D eigenvalue weighted by Crippen LogP contribution is 2.08. The standard InChI is InChI=1S/C7H10N2O4S2/c8-15(12,13)6-5-14(10,11)7-1-3-9-4-2-7/h1-4H,5-6H2,(H2,8,12,13). The van der Waals surface area contributed by atoms with Crippen molar-refractivity contribution in [2.24, 2.45) is 5.14 Å². The number of primary sulfonamides is 1. The summed E-state index contributed by atoms with van der Waals surface area (Å²) >= 11 is 0. The monoisotopic (exact) mass is 250 g/mol. The van der Waals surface area contributed by atoms with E-state index in [-0.39, 0.29) is 4.90 Å². The number of rotatable bonds is 4. The van der Waals surface area contributed by atoms with Gasteiger partial charge in [-0.25, -0.2) is 22.0 Å². The molecule has 0 aliphatic carbocycles. The summed E-state index contributed by atoms with van der Waals surface area (Å²) in [6.07, 6.45) is 2.65. The molecule has 0 aliphatic rings. The van der Waals surface area contributed by atoms with Crippen molar-refractivity contribution in [3.63, 3.8) is 0 Å². The Balaban J connectivity index is 2.87. The Bertz CT molecular complexity index is 521. The van der Waals surface area contributed by atoms with E-state index in [0.717, 1.165) is 0 Å². The van der Waals surface area contributed by atoms with Crippen molar-refractivity contribution in [1.29, 1.82) is 0 Å². The zero-order chi connectivity index (χ0) is 11.5. The third kappa shape index (κ3) is 3.94. The maximum atomic E-state index is 11.5. The summed E-state index contributed by atoms with van der Waals surface area (Å²) in [6, 6.07) is 2.61. The van der Waals surface area contributed by atoms with Crippen LogP contribution in [0.5, 0.6) is 0 Å². The maximum Gasteiger partial charge on any atom is 0.210 e. The van der Waals surface area contributed by atoms with Gasteiger partial charge >= 0.3 is 0 Å². The molecular weight excluding hydrogens is 240 g/mol. The molecule has 0 aliphatic heterocycles. The van der Waals surface area contributed by atoms with Crippen LogP contribution in [0.2, 0.25) is 0 Å². The minimum Gasteiger partial charge on any atom is -0.265 e. The summed E-state index contributed by atoms with van der Waals surface area (Å²) in [7, 11) is -7.35. The summed E-state index contributed by atoms with van der Waals surface area (Å²) in [5.74, 6) is -1.10. The molecule has 0 bridgehead atoms. The van der Waals surface area contributed by atoms with E-state index in [1.165, 1.54) is 24.5 Å². The molecule has 0 saturated heterocycles. The van der Waals surface area contributed by atoms with E-state index in [9.17, 15) is 16.8 Å². The first kappa shape index (κ1) is 12.1. The number of aromatic nitrogens is 1. The van der Waals surface area contributed by atoms with Crippen LogP contribution in [0.25, 0.3) is 0 Å². The molecule has 1 aromatic rings. The summed E-state index contributed by atoms with van der Waals surface area (Å²) in [5.41, 5.74) is 0. The van der Waals surface area contributed by atoms with Crippen LogP contribution >= 0.6 is 0 Å². The normalized spacial score (nSPS) is 12.6. The molecule has 0 aromatic carbocycles. The van der Waals surface area contributed by atoms with Crippen LogP contribution in [0.4, 0.5) is 0 Å². The summed E-state index contributed by atoms with van der Waals surface area (Å²) < 4.78 is 44.3. The van der Waals surface area contributed by atoms with Gasteiger partial charge in [-0.15, -0.1) is 0 Å². The number of pyridine rings is 1.